The summed E-state index contributed by atoms with van der Waals surface area (Å²) < 4.78 is 29.9. The van der Waals surface area contributed by atoms with Gasteiger partial charge in [0.05, 0.1) is 11.8 Å². The number of nitrogens with one attached hydrogen (secondary N) is 1. The van der Waals surface area contributed by atoms with Crippen molar-refractivity contribution in [2.24, 2.45) is 10.9 Å². The molecule has 4 nitrogen and oxygen atoms in total. The second-order valence-electron chi connectivity index (χ2n) is 11.3. The topological polar surface area (TPSA) is 58.5 Å². The first-order valence-electron chi connectivity index (χ1n) is 15.0. The molecule has 4 aromatic carbocycles. The molecule has 2 atom stereocenters. The molecule has 4 aromatic rings. The molecule has 1 saturated carbocycles. The summed E-state index contributed by atoms with van der Waals surface area (Å²) in [5.41, 5.74) is 2.11. The van der Waals surface area contributed by atoms with Crippen LogP contribution in [0.3, 0.4) is 0 Å². The third-order valence-electron chi connectivity index (χ3n) is 8.08. The molecular weight excluding hydrogens is 555 g/mol. The zero-order chi connectivity index (χ0) is 29.2. The van der Waals surface area contributed by atoms with Gasteiger partial charge in [-0.3, -0.25) is 4.99 Å². The number of aliphatic imine (C=N–C) groups is 1. The quantitative estimate of drug-likeness (QED) is 0.153. The lowest BCUT2D eigenvalue weighted by Crippen LogP contribution is -2.42. The predicted octanol–water partition coefficient (Wildman–Crippen LogP) is 6.36. The summed E-state index contributed by atoms with van der Waals surface area (Å²) in [5.74, 6) is 0.371. The smallest absolute Gasteiger partial charge is 0.213 e. The summed E-state index contributed by atoms with van der Waals surface area (Å²) >= 11 is 0. The predicted molar refractivity (Wildman–Crippen MR) is 180 cm³/mol. The van der Waals surface area contributed by atoms with Crippen molar-refractivity contribution in [3.8, 4) is 0 Å². The summed E-state index contributed by atoms with van der Waals surface area (Å²) in [7, 11) is -4.34. The highest BCUT2D eigenvalue weighted by atomic mass is 32.2. The van der Waals surface area contributed by atoms with Crippen LogP contribution in [0.25, 0.3) is 0 Å². The molecule has 0 amide bonds. The van der Waals surface area contributed by atoms with E-state index < -0.39 is 24.0 Å². The molecule has 6 heteroatoms. The van der Waals surface area contributed by atoms with E-state index in [1.165, 1.54) is 35.2 Å². The molecule has 0 bridgehead atoms. The van der Waals surface area contributed by atoms with Crippen LogP contribution in [0.2, 0.25) is 0 Å². The Labute approximate surface area is 253 Å². The number of hydrogen-bond acceptors (Lipinski definition) is 3. The van der Waals surface area contributed by atoms with Gasteiger partial charge in [0.2, 0.25) is 10.0 Å². The van der Waals surface area contributed by atoms with Crippen LogP contribution < -0.4 is 20.6 Å². The fourth-order valence-corrected chi connectivity index (χ4v) is 9.91. The van der Waals surface area contributed by atoms with Crippen LogP contribution in [0.4, 0.5) is 0 Å². The van der Waals surface area contributed by atoms with Gasteiger partial charge in [-0.25, -0.2) is 13.1 Å². The van der Waals surface area contributed by atoms with Crippen LogP contribution in [-0.2, 0) is 16.4 Å². The normalized spacial score (nSPS) is 16.0. The Kier molecular flexibility index (Phi) is 10.7. The molecule has 0 saturated heterocycles. The number of hydrogen-bond donors (Lipinski definition) is 1. The molecule has 1 N–H and O–H groups in total. The van der Waals surface area contributed by atoms with E-state index in [4.69, 9.17) is 4.99 Å². The van der Waals surface area contributed by atoms with Crippen molar-refractivity contribution in [3.05, 3.63) is 126 Å². The first-order valence-corrected chi connectivity index (χ1v) is 18.0. The lowest BCUT2D eigenvalue weighted by atomic mass is 9.85. The summed E-state index contributed by atoms with van der Waals surface area (Å²) in [6.07, 6.45) is 8.28. The minimum atomic E-state index is -3.53. The van der Waals surface area contributed by atoms with Crippen molar-refractivity contribution in [2.75, 3.05) is 5.75 Å². The summed E-state index contributed by atoms with van der Waals surface area (Å²) in [6.45, 7) is 2.02. The molecule has 218 valence electrons. The first-order chi connectivity index (χ1) is 20.5. The highest BCUT2D eigenvalue weighted by Gasteiger charge is 2.26. The molecule has 1 fully saturated rings. The maximum Gasteiger partial charge on any atom is 0.213 e. The van der Waals surface area contributed by atoms with Crippen LogP contribution in [0.15, 0.2) is 120 Å². The Morgan fingerprint density at radius 3 is 1.95 bits per heavy atom. The van der Waals surface area contributed by atoms with Gasteiger partial charge in [-0.15, -0.1) is 0 Å². The Morgan fingerprint density at radius 2 is 1.33 bits per heavy atom. The molecule has 0 spiro atoms. The van der Waals surface area contributed by atoms with E-state index in [0.29, 0.717) is 12.3 Å². The van der Waals surface area contributed by atoms with E-state index in [1.54, 1.807) is 0 Å². The molecule has 0 aromatic heterocycles. The van der Waals surface area contributed by atoms with Gasteiger partial charge in [-0.05, 0) is 61.5 Å². The van der Waals surface area contributed by atoms with E-state index in [0.717, 1.165) is 24.0 Å². The average Bonchev–Trinajstić information content (AvgIpc) is 3.02. The van der Waals surface area contributed by atoms with Crippen molar-refractivity contribution >= 4 is 40.1 Å². The Balaban J connectivity index is 1.44. The molecular formula is C36H41N2O2PS. The Morgan fingerprint density at radius 1 is 0.786 bits per heavy atom. The zero-order valence-electron chi connectivity index (χ0n) is 24.3. The third kappa shape index (κ3) is 8.47. The van der Waals surface area contributed by atoms with Crippen molar-refractivity contribution in [3.63, 3.8) is 0 Å². The summed E-state index contributed by atoms with van der Waals surface area (Å²) in [4.78, 5) is 4.99. The highest BCUT2D eigenvalue weighted by molar-refractivity contribution is 7.89. The molecule has 1 aliphatic carbocycles. The van der Waals surface area contributed by atoms with E-state index in [1.807, 2.05) is 61.7 Å². The molecule has 0 aliphatic heterocycles. The number of benzene rings is 4. The van der Waals surface area contributed by atoms with Crippen LogP contribution in [0, 0.1) is 5.92 Å². The van der Waals surface area contributed by atoms with E-state index >= 15 is 0 Å². The third-order valence-corrected chi connectivity index (χ3v) is 12.2. The number of rotatable bonds is 12. The van der Waals surface area contributed by atoms with Gasteiger partial charge in [0.25, 0.3) is 0 Å². The molecule has 0 heterocycles. The second-order valence-corrected chi connectivity index (χ2v) is 15.3. The van der Waals surface area contributed by atoms with E-state index in [-0.39, 0.29) is 11.8 Å². The molecule has 42 heavy (non-hydrogen) atoms. The van der Waals surface area contributed by atoms with Crippen molar-refractivity contribution in [1.82, 2.24) is 4.72 Å². The lowest BCUT2D eigenvalue weighted by Gasteiger charge is -2.28. The van der Waals surface area contributed by atoms with Gasteiger partial charge in [-0.1, -0.05) is 135 Å². The van der Waals surface area contributed by atoms with Gasteiger partial charge >= 0.3 is 0 Å². The van der Waals surface area contributed by atoms with Crippen molar-refractivity contribution in [2.45, 2.75) is 57.5 Å². The molecule has 0 unspecified atom stereocenters. The van der Waals surface area contributed by atoms with Crippen LogP contribution in [0.5, 0.6) is 0 Å². The molecule has 5 rings (SSSR count). The monoisotopic (exact) mass is 596 g/mol. The molecule has 0 radical (unpaired) electrons. The summed E-state index contributed by atoms with van der Waals surface area (Å²) in [6, 6.07) is 39.2. The van der Waals surface area contributed by atoms with Gasteiger partial charge in [-0.2, -0.15) is 0 Å². The first kappa shape index (κ1) is 30.4. The van der Waals surface area contributed by atoms with Crippen LogP contribution in [0.1, 0.15) is 50.2 Å². The molecule has 1 aliphatic rings. The lowest BCUT2D eigenvalue weighted by molar-refractivity contribution is 0.303. The largest absolute Gasteiger partial charge is 0.288 e. The van der Waals surface area contributed by atoms with Crippen LogP contribution >= 0.6 is 7.92 Å². The fraction of sp³-hybridized carbons (Fsp3) is 0.306. The second kappa shape index (κ2) is 14.9. The van der Waals surface area contributed by atoms with Gasteiger partial charge < -0.3 is 0 Å². The standard InChI is InChI=1S/C36H41N2O2PS/c1-29(31-18-8-3-9-19-31)38-42(39,40)28-33(26-30-16-6-2-7-17-30)37-27-32-20-14-15-25-36(32)41(34-21-10-4-11-22-34)35-23-12-5-13-24-35/h2,4-7,10-17,20-25,27,29,31,33,38H,3,8-9,18-19,26,28H2,1H3/t29-,33-/m0/s1. The number of sulfonamides is 1. The number of nitrogens with zero attached hydrogens (tertiary/aromatic N) is 1. The fourth-order valence-electron chi connectivity index (χ4n) is 5.92. The maximum absolute atomic E-state index is 13.5. The van der Waals surface area contributed by atoms with Crippen molar-refractivity contribution in [1.29, 1.82) is 0 Å². The zero-order valence-corrected chi connectivity index (χ0v) is 26.1. The highest BCUT2D eigenvalue weighted by Crippen LogP contribution is 2.33. The Hall–Kier alpha value is -3.11. The van der Waals surface area contributed by atoms with Crippen LogP contribution in [-0.4, -0.2) is 32.5 Å². The SMILES string of the molecule is C[C@H](NS(=O)(=O)C[C@H](Cc1ccccc1)N=Cc1ccccc1P(c1ccccc1)c1ccccc1)C1CCCCC1. The van der Waals surface area contributed by atoms with Gasteiger partial charge in [0, 0.05) is 17.8 Å². The van der Waals surface area contributed by atoms with Gasteiger partial charge in [0.1, 0.15) is 0 Å². The minimum Gasteiger partial charge on any atom is -0.288 e. The van der Waals surface area contributed by atoms with E-state index in [2.05, 4.69) is 71.5 Å². The van der Waals surface area contributed by atoms with Crippen molar-refractivity contribution < 1.29 is 8.42 Å². The average molecular weight is 597 g/mol. The minimum absolute atomic E-state index is 0.0379. The maximum atomic E-state index is 13.5. The van der Waals surface area contributed by atoms with E-state index in [9.17, 15) is 8.42 Å². The van der Waals surface area contributed by atoms with Gasteiger partial charge in [0.15, 0.2) is 0 Å². The Bertz CT molecular complexity index is 1480. The summed E-state index contributed by atoms with van der Waals surface area (Å²) in [5, 5.41) is 3.74.